The molecule has 0 spiro atoms. The maximum atomic E-state index is 12.1. The molecule has 0 unspecified atom stereocenters. The van der Waals surface area contributed by atoms with Crippen molar-refractivity contribution in [3.63, 3.8) is 0 Å². The molecule has 0 radical (unpaired) electrons. The number of amides is 2. The Balaban J connectivity index is 0.00000338. The summed E-state index contributed by atoms with van der Waals surface area (Å²) in [5.41, 5.74) is 6.93. The highest BCUT2D eigenvalue weighted by Crippen LogP contribution is 2.25. The molecule has 0 saturated carbocycles. The van der Waals surface area contributed by atoms with E-state index in [-0.39, 0.29) is 43.0 Å². The molecular formula is C17H24Cl2N4O3S. The Morgan fingerprint density at radius 2 is 1.89 bits per heavy atom. The van der Waals surface area contributed by atoms with E-state index in [1.165, 1.54) is 18.4 Å². The summed E-state index contributed by atoms with van der Waals surface area (Å²) in [6.45, 7) is 5.47. The minimum absolute atomic E-state index is 0. The van der Waals surface area contributed by atoms with E-state index in [4.69, 9.17) is 10.5 Å². The summed E-state index contributed by atoms with van der Waals surface area (Å²) in [5, 5.41) is 7.74. The zero-order valence-electron chi connectivity index (χ0n) is 15.5. The van der Waals surface area contributed by atoms with Gasteiger partial charge in [0.1, 0.15) is 5.75 Å². The molecule has 0 atom stereocenters. The Hall–Kier alpha value is -2.03. The molecule has 1 aromatic carbocycles. The topological polar surface area (TPSA) is 106 Å². The predicted octanol–water partition coefficient (Wildman–Crippen LogP) is 3.74. The van der Waals surface area contributed by atoms with E-state index < -0.39 is 5.41 Å². The molecule has 27 heavy (non-hydrogen) atoms. The van der Waals surface area contributed by atoms with Crippen molar-refractivity contribution in [1.82, 2.24) is 4.98 Å². The molecule has 0 fully saturated rings. The highest BCUT2D eigenvalue weighted by molar-refractivity contribution is 7.13. The number of nitrogen functional groups attached to an aromatic ring is 1. The van der Waals surface area contributed by atoms with Gasteiger partial charge >= 0.3 is 0 Å². The fourth-order valence-electron chi connectivity index (χ4n) is 1.91. The van der Waals surface area contributed by atoms with Crippen LogP contribution in [0.1, 0.15) is 26.5 Å². The molecule has 1 aromatic heterocycles. The minimum atomic E-state index is -0.502. The van der Waals surface area contributed by atoms with Gasteiger partial charge in [-0.25, -0.2) is 4.98 Å². The Labute approximate surface area is 174 Å². The largest absolute Gasteiger partial charge is 0.495 e. The summed E-state index contributed by atoms with van der Waals surface area (Å²) in [6, 6.07) is 5.03. The normalized spacial score (nSPS) is 10.2. The van der Waals surface area contributed by atoms with Crippen LogP contribution in [0.4, 0.5) is 16.5 Å². The van der Waals surface area contributed by atoms with E-state index in [1.807, 2.05) is 20.8 Å². The molecule has 0 bridgehead atoms. The van der Waals surface area contributed by atoms with Crippen molar-refractivity contribution in [2.45, 2.75) is 27.2 Å². The summed E-state index contributed by atoms with van der Waals surface area (Å²) in [5.74, 6) is 0.215. The Kier molecular flexibility index (Phi) is 9.56. The average Bonchev–Trinajstić information content (AvgIpc) is 2.93. The fourth-order valence-corrected chi connectivity index (χ4v) is 2.62. The van der Waals surface area contributed by atoms with Crippen molar-refractivity contribution < 1.29 is 14.3 Å². The fraction of sp³-hybridized carbons (Fsp3) is 0.353. The lowest BCUT2D eigenvalue weighted by molar-refractivity contribution is -0.123. The van der Waals surface area contributed by atoms with Gasteiger partial charge in [0.25, 0.3) is 0 Å². The zero-order chi connectivity index (χ0) is 18.6. The number of aromatic nitrogens is 1. The molecule has 7 nitrogen and oxygen atoms in total. The van der Waals surface area contributed by atoms with Gasteiger partial charge in [-0.3, -0.25) is 9.59 Å². The molecule has 0 aliphatic rings. The number of methoxy groups -OCH3 is 1. The van der Waals surface area contributed by atoms with Gasteiger partial charge in [0.2, 0.25) is 11.8 Å². The summed E-state index contributed by atoms with van der Waals surface area (Å²) in [6.07, 6.45) is 0.105. The quantitative estimate of drug-likeness (QED) is 0.621. The van der Waals surface area contributed by atoms with E-state index >= 15 is 0 Å². The number of halogens is 2. The molecule has 4 N–H and O–H groups in total. The van der Waals surface area contributed by atoms with Crippen molar-refractivity contribution in [3.05, 3.63) is 29.3 Å². The molecule has 10 heteroatoms. The van der Waals surface area contributed by atoms with Crippen LogP contribution in [0.2, 0.25) is 0 Å². The van der Waals surface area contributed by atoms with Crippen LogP contribution in [0.25, 0.3) is 0 Å². The van der Waals surface area contributed by atoms with E-state index in [2.05, 4.69) is 15.6 Å². The Morgan fingerprint density at radius 1 is 1.22 bits per heavy atom. The number of hydrogen-bond donors (Lipinski definition) is 3. The summed E-state index contributed by atoms with van der Waals surface area (Å²) in [4.78, 5) is 28.3. The van der Waals surface area contributed by atoms with Gasteiger partial charge in [0.15, 0.2) is 5.13 Å². The molecule has 1 heterocycles. The molecule has 2 amide bonds. The molecule has 150 valence electrons. The van der Waals surface area contributed by atoms with Crippen LogP contribution in [-0.4, -0.2) is 23.9 Å². The van der Waals surface area contributed by atoms with Gasteiger partial charge in [-0.15, -0.1) is 36.2 Å². The van der Waals surface area contributed by atoms with E-state index in [9.17, 15) is 9.59 Å². The number of nitrogens with one attached hydrogen (secondary N) is 2. The van der Waals surface area contributed by atoms with Gasteiger partial charge in [-0.2, -0.15) is 0 Å². The minimum Gasteiger partial charge on any atom is -0.495 e. The van der Waals surface area contributed by atoms with Gasteiger partial charge in [-0.05, 0) is 18.2 Å². The third-order valence-electron chi connectivity index (χ3n) is 3.31. The first-order chi connectivity index (χ1) is 11.7. The Morgan fingerprint density at radius 3 is 2.44 bits per heavy atom. The van der Waals surface area contributed by atoms with Crippen LogP contribution in [0.5, 0.6) is 5.75 Å². The van der Waals surface area contributed by atoms with Gasteiger partial charge in [0, 0.05) is 16.5 Å². The number of hydrogen-bond acceptors (Lipinski definition) is 6. The lowest BCUT2D eigenvalue weighted by Gasteiger charge is -2.15. The molecule has 0 aliphatic heterocycles. The third kappa shape index (κ3) is 7.24. The standard InChI is InChI=1S/C17H22N4O3S.2ClH/c1-17(2,3)15(23)21-16-20-11(9-25-16)8-14(22)19-10-5-6-13(24-4)12(18)7-10;;/h5-7,9H,8,18H2,1-4H3,(H,19,22)(H,20,21,23);2*1H. The molecule has 2 aromatic rings. The zero-order valence-corrected chi connectivity index (χ0v) is 17.9. The second-order valence-corrected chi connectivity index (χ2v) is 7.39. The van der Waals surface area contributed by atoms with Crippen LogP contribution in [0.15, 0.2) is 23.6 Å². The number of nitrogens with zero attached hydrogens (tertiary/aromatic N) is 1. The molecule has 2 rings (SSSR count). The number of carbonyl (C=O) groups is 2. The lowest BCUT2D eigenvalue weighted by atomic mass is 9.96. The highest BCUT2D eigenvalue weighted by atomic mass is 35.5. The number of carbonyl (C=O) groups excluding carboxylic acids is 2. The van der Waals surface area contributed by atoms with E-state index in [1.54, 1.807) is 23.6 Å². The summed E-state index contributed by atoms with van der Waals surface area (Å²) in [7, 11) is 1.53. The van der Waals surface area contributed by atoms with E-state index in [0.29, 0.717) is 27.9 Å². The van der Waals surface area contributed by atoms with Gasteiger partial charge < -0.3 is 21.1 Å². The first-order valence-electron chi connectivity index (χ1n) is 7.68. The second kappa shape index (κ2) is 10.3. The first-order valence-corrected chi connectivity index (χ1v) is 8.56. The number of anilines is 3. The van der Waals surface area contributed by atoms with Crippen molar-refractivity contribution in [2.24, 2.45) is 5.41 Å². The van der Waals surface area contributed by atoms with Crippen molar-refractivity contribution in [2.75, 3.05) is 23.5 Å². The van der Waals surface area contributed by atoms with Crippen LogP contribution in [0.3, 0.4) is 0 Å². The van der Waals surface area contributed by atoms with Gasteiger partial charge in [0.05, 0.1) is 24.9 Å². The van der Waals surface area contributed by atoms with Crippen LogP contribution in [0, 0.1) is 5.41 Å². The lowest BCUT2D eigenvalue weighted by Crippen LogP contribution is -2.27. The number of rotatable bonds is 5. The maximum absolute atomic E-state index is 12.1. The smallest absolute Gasteiger partial charge is 0.231 e. The number of benzene rings is 1. The van der Waals surface area contributed by atoms with Crippen LogP contribution >= 0.6 is 36.2 Å². The third-order valence-corrected chi connectivity index (χ3v) is 4.12. The average molecular weight is 435 g/mol. The number of ether oxygens (including phenoxy) is 1. The summed E-state index contributed by atoms with van der Waals surface area (Å²) < 4.78 is 5.08. The van der Waals surface area contributed by atoms with Crippen molar-refractivity contribution >= 4 is 64.5 Å². The monoisotopic (exact) mass is 434 g/mol. The predicted molar refractivity (Wildman–Crippen MR) is 114 cm³/mol. The molecule has 0 saturated heterocycles. The maximum Gasteiger partial charge on any atom is 0.231 e. The number of nitrogens with two attached hydrogens (primary N) is 1. The summed E-state index contributed by atoms with van der Waals surface area (Å²) >= 11 is 1.29. The molecule has 0 aliphatic carbocycles. The van der Waals surface area contributed by atoms with Gasteiger partial charge in [-0.1, -0.05) is 20.8 Å². The first kappa shape index (κ1) is 25.0. The molecular weight excluding hydrogens is 411 g/mol. The van der Waals surface area contributed by atoms with Crippen LogP contribution < -0.4 is 21.1 Å². The van der Waals surface area contributed by atoms with E-state index in [0.717, 1.165) is 0 Å². The Bertz CT molecular complexity index is 791. The SMILES string of the molecule is COc1ccc(NC(=O)Cc2csc(NC(=O)C(C)(C)C)n2)cc1N.Cl.Cl. The van der Waals surface area contributed by atoms with Crippen LogP contribution in [-0.2, 0) is 16.0 Å². The van der Waals surface area contributed by atoms with Crippen molar-refractivity contribution in [1.29, 1.82) is 0 Å². The number of thiazole rings is 1. The van der Waals surface area contributed by atoms with Crippen molar-refractivity contribution in [3.8, 4) is 5.75 Å². The highest BCUT2D eigenvalue weighted by Gasteiger charge is 2.22. The second-order valence-electron chi connectivity index (χ2n) is 6.53.